The van der Waals surface area contributed by atoms with Crippen molar-refractivity contribution in [3.05, 3.63) is 72.0 Å². The van der Waals surface area contributed by atoms with Crippen LogP contribution >= 0.6 is 0 Å². The van der Waals surface area contributed by atoms with Crippen LogP contribution in [0.4, 0.5) is 0 Å². The summed E-state index contributed by atoms with van der Waals surface area (Å²) in [6, 6.07) is 11.9. The number of hydrogen-bond donors (Lipinski definition) is 3. The average molecular weight is 490 g/mol. The largest absolute Gasteiger partial charge is 0.502 e. The Morgan fingerprint density at radius 3 is 2.58 bits per heavy atom. The van der Waals surface area contributed by atoms with Crippen molar-refractivity contribution in [2.75, 3.05) is 40.4 Å². The summed E-state index contributed by atoms with van der Waals surface area (Å²) in [7, 11) is 2.97. The zero-order valence-electron chi connectivity index (χ0n) is 21.0. The first kappa shape index (κ1) is 25.4. The Bertz CT molecular complexity index is 1200. The molecule has 190 valence electrons. The van der Waals surface area contributed by atoms with E-state index in [1.165, 1.54) is 49.6 Å². The fourth-order valence-electron chi connectivity index (χ4n) is 4.79. The zero-order chi connectivity index (χ0) is 25.3. The van der Waals surface area contributed by atoms with Crippen molar-refractivity contribution in [1.82, 2.24) is 15.2 Å². The molecular formula is C29H35N3O4. The number of rotatable bonds is 10. The molecule has 7 nitrogen and oxygen atoms in total. The second kappa shape index (κ2) is 12.3. The quantitative estimate of drug-likeness (QED) is 0.215. The number of piperidine rings is 1. The summed E-state index contributed by atoms with van der Waals surface area (Å²) in [6.45, 7) is 3.84. The molecule has 0 bridgehead atoms. The number of hydrogen-bond acceptors (Lipinski definition) is 5. The van der Waals surface area contributed by atoms with Gasteiger partial charge in [-0.15, -0.1) is 0 Å². The number of amides is 1. The summed E-state index contributed by atoms with van der Waals surface area (Å²) in [5, 5.41) is 14.3. The van der Waals surface area contributed by atoms with Gasteiger partial charge in [0, 0.05) is 29.7 Å². The van der Waals surface area contributed by atoms with Crippen molar-refractivity contribution in [3.8, 4) is 17.2 Å². The molecule has 36 heavy (non-hydrogen) atoms. The molecule has 4 rings (SSSR count). The molecule has 0 radical (unpaired) electrons. The van der Waals surface area contributed by atoms with Crippen molar-refractivity contribution in [1.29, 1.82) is 0 Å². The minimum Gasteiger partial charge on any atom is -0.502 e. The van der Waals surface area contributed by atoms with E-state index in [2.05, 4.69) is 45.7 Å². The minimum atomic E-state index is -0.112. The Morgan fingerprint density at radius 1 is 1.14 bits per heavy atom. The van der Waals surface area contributed by atoms with E-state index in [-0.39, 0.29) is 11.7 Å². The molecule has 1 aliphatic rings. The predicted molar refractivity (Wildman–Crippen MR) is 144 cm³/mol. The molecule has 0 atom stereocenters. The number of para-hydroxylation sites is 1. The third kappa shape index (κ3) is 6.29. The molecule has 2 heterocycles. The number of likely N-dealkylation sites (tertiary alicyclic amines) is 1. The van der Waals surface area contributed by atoms with Crippen molar-refractivity contribution in [2.45, 2.75) is 25.2 Å². The van der Waals surface area contributed by atoms with Gasteiger partial charge in [0.05, 0.1) is 14.2 Å². The number of aromatic nitrogens is 1. The van der Waals surface area contributed by atoms with Gasteiger partial charge in [0.15, 0.2) is 11.5 Å². The maximum atomic E-state index is 12.1. The number of fused-ring (bicyclic) bond motifs is 1. The SMILES string of the molecule is COc1cc(/C=C/C=C/C(=O)NCCCN2CCC(c3c[nH]c4ccccc34)CC2)cc(OC)c1O. The van der Waals surface area contributed by atoms with Crippen LogP contribution in [0.25, 0.3) is 17.0 Å². The fraction of sp³-hybridized carbons (Fsp3) is 0.345. The van der Waals surface area contributed by atoms with E-state index in [0.717, 1.165) is 31.6 Å². The van der Waals surface area contributed by atoms with Crippen molar-refractivity contribution in [2.24, 2.45) is 0 Å². The number of aromatic amines is 1. The van der Waals surface area contributed by atoms with E-state index in [4.69, 9.17) is 9.47 Å². The van der Waals surface area contributed by atoms with Gasteiger partial charge in [-0.25, -0.2) is 0 Å². The molecule has 1 amide bonds. The van der Waals surface area contributed by atoms with Gasteiger partial charge in [0.2, 0.25) is 11.7 Å². The second-order valence-corrected chi connectivity index (χ2v) is 9.04. The molecule has 7 heteroatoms. The summed E-state index contributed by atoms with van der Waals surface area (Å²) in [5.74, 6) is 1.12. The Kier molecular flexibility index (Phi) is 8.68. The molecule has 1 saturated heterocycles. The van der Waals surface area contributed by atoms with Crippen LogP contribution in [0.1, 0.15) is 36.3 Å². The molecule has 0 unspecified atom stereocenters. The van der Waals surface area contributed by atoms with E-state index in [9.17, 15) is 9.90 Å². The second-order valence-electron chi connectivity index (χ2n) is 9.04. The van der Waals surface area contributed by atoms with Gasteiger partial charge in [-0.05, 0) is 74.1 Å². The molecule has 0 aliphatic carbocycles. The van der Waals surface area contributed by atoms with Gasteiger partial charge in [-0.1, -0.05) is 36.4 Å². The molecule has 1 aliphatic heterocycles. The monoisotopic (exact) mass is 489 g/mol. The lowest BCUT2D eigenvalue weighted by molar-refractivity contribution is -0.116. The number of benzene rings is 2. The van der Waals surface area contributed by atoms with Gasteiger partial charge in [0.1, 0.15) is 0 Å². The van der Waals surface area contributed by atoms with E-state index >= 15 is 0 Å². The first-order chi connectivity index (χ1) is 17.6. The van der Waals surface area contributed by atoms with Crippen molar-refractivity contribution < 1.29 is 19.4 Å². The van der Waals surface area contributed by atoms with E-state index in [1.54, 1.807) is 24.3 Å². The summed E-state index contributed by atoms with van der Waals surface area (Å²) in [5.41, 5.74) is 3.46. The van der Waals surface area contributed by atoms with Crippen LogP contribution in [0.2, 0.25) is 0 Å². The standard InChI is InChI=1S/C29H35N3O4/c1-35-26-18-21(19-27(36-2)29(26)34)8-3-6-11-28(33)30-14-7-15-32-16-12-22(13-17-32)24-20-31-25-10-5-4-9-23(24)25/h3-6,8-11,18-20,22,31,34H,7,12-17H2,1-2H3,(H,30,33)/b8-3+,11-6+. The maximum absolute atomic E-state index is 12.1. The molecule has 0 saturated carbocycles. The summed E-state index contributed by atoms with van der Waals surface area (Å²) < 4.78 is 10.3. The summed E-state index contributed by atoms with van der Waals surface area (Å²) in [6.07, 6.45) is 12.2. The van der Waals surface area contributed by atoms with Crippen LogP contribution in [-0.4, -0.2) is 61.3 Å². The highest BCUT2D eigenvalue weighted by Gasteiger charge is 2.22. The van der Waals surface area contributed by atoms with E-state index < -0.39 is 0 Å². The number of carbonyl (C=O) groups excluding carboxylic acids is 1. The zero-order valence-corrected chi connectivity index (χ0v) is 21.0. The lowest BCUT2D eigenvalue weighted by Crippen LogP contribution is -2.35. The molecule has 1 fully saturated rings. The van der Waals surface area contributed by atoms with Gasteiger partial charge in [-0.3, -0.25) is 4.79 Å². The molecular weight excluding hydrogens is 454 g/mol. The number of nitrogens with one attached hydrogen (secondary N) is 2. The third-order valence-electron chi connectivity index (χ3n) is 6.75. The minimum absolute atomic E-state index is 0.0364. The van der Waals surface area contributed by atoms with Crippen LogP contribution in [0, 0.1) is 0 Å². The normalized spacial score (nSPS) is 15.2. The highest BCUT2D eigenvalue weighted by molar-refractivity contribution is 5.87. The topological polar surface area (TPSA) is 86.8 Å². The Balaban J connectivity index is 1.15. The number of nitrogens with zero attached hydrogens (tertiary/aromatic N) is 1. The van der Waals surface area contributed by atoms with Crippen LogP contribution in [-0.2, 0) is 4.79 Å². The van der Waals surface area contributed by atoms with Gasteiger partial charge in [-0.2, -0.15) is 0 Å². The third-order valence-corrected chi connectivity index (χ3v) is 6.75. The first-order valence-corrected chi connectivity index (χ1v) is 12.4. The maximum Gasteiger partial charge on any atom is 0.243 e. The number of H-pyrrole nitrogens is 1. The Labute approximate surface area is 212 Å². The van der Waals surface area contributed by atoms with E-state index in [0.29, 0.717) is 24.0 Å². The fourth-order valence-corrected chi connectivity index (χ4v) is 4.79. The highest BCUT2D eigenvalue weighted by Crippen LogP contribution is 2.37. The Morgan fingerprint density at radius 2 is 1.86 bits per heavy atom. The smallest absolute Gasteiger partial charge is 0.243 e. The number of phenols is 1. The van der Waals surface area contributed by atoms with Crippen LogP contribution in [0.3, 0.4) is 0 Å². The van der Waals surface area contributed by atoms with Crippen LogP contribution < -0.4 is 14.8 Å². The number of aromatic hydroxyl groups is 1. The van der Waals surface area contributed by atoms with Crippen molar-refractivity contribution >= 4 is 22.9 Å². The van der Waals surface area contributed by atoms with Gasteiger partial charge in [0.25, 0.3) is 0 Å². The number of methoxy groups -OCH3 is 2. The lowest BCUT2D eigenvalue weighted by Gasteiger charge is -2.32. The molecule has 3 aromatic rings. The van der Waals surface area contributed by atoms with Crippen LogP contribution in [0.15, 0.2) is 60.8 Å². The summed E-state index contributed by atoms with van der Waals surface area (Å²) in [4.78, 5) is 18.0. The Hall–Kier alpha value is -3.71. The first-order valence-electron chi connectivity index (χ1n) is 12.4. The predicted octanol–water partition coefficient (Wildman–Crippen LogP) is 4.85. The van der Waals surface area contributed by atoms with Gasteiger partial charge < -0.3 is 29.8 Å². The number of carbonyl (C=O) groups is 1. The summed E-state index contributed by atoms with van der Waals surface area (Å²) >= 11 is 0. The molecule has 2 aromatic carbocycles. The molecule has 3 N–H and O–H groups in total. The van der Waals surface area contributed by atoms with Gasteiger partial charge >= 0.3 is 0 Å². The number of allylic oxidation sites excluding steroid dienone is 2. The highest BCUT2D eigenvalue weighted by atomic mass is 16.5. The molecule has 0 spiro atoms. The number of phenolic OH excluding ortho intramolecular Hbond substituents is 1. The lowest BCUT2D eigenvalue weighted by atomic mass is 9.89. The number of ether oxygens (including phenoxy) is 2. The molecule has 1 aromatic heterocycles. The van der Waals surface area contributed by atoms with Crippen molar-refractivity contribution in [3.63, 3.8) is 0 Å². The van der Waals surface area contributed by atoms with E-state index in [1.807, 2.05) is 6.08 Å². The van der Waals surface area contributed by atoms with Crippen LogP contribution in [0.5, 0.6) is 17.2 Å². The average Bonchev–Trinajstić information content (AvgIpc) is 3.34.